The number of ether oxygens (including phenoxy) is 4. The smallest absolute Gasteiger partial charge is 0.330 e. The van der Waals surface area contributed by atoms with Gasteiger partial charge in [0, 0.05) is 13.0 Å². The maximum Gasteiger partial charge on any atom is 0.330 e. The minimum Gasteiger partial charge on any atom is -0.463 e. The van der Waals surface area contributed by atoms with E-state index in [1.165, 1.54) is 13.0 Å². The number of carbonyl (C=O) groups is 2. The number of hydrogen-bond acceptors (Lipinski definition) is 6. The summed E-state index contributed by atoms with van der Waals surface area (Å²) in [5.74, 6) is -0.913. The Labute approximate surface area is 170 Å². The second-order valence-electron chi connectivity index (χ2n) is 6.66. The van der Waals surface area contributed by atoms with E-state index in [2.05, 4.69) is 0 Å². The van der Waals surface area contributed by atoms with E-state index < -0.39 is 30.3 Å². The molecule has 6 nitrogen and oxygen atoms in total. The molecule has 3 rings (SSSR count). The first-order chi connectivity index (χ1) is 14.1. The molecule has 0 aliphatic carbocycles. The van der Waals surface area contributed by atoms with Crippen molar-refractivity contribution < 1.29 is 28.5 Å². The van der Waals surface area contributed by atoms with Gasteiger partial charge in [0.1, 0.15) is 18.8 Å². The lowest BCUT2D eigenvalue weighted by molar-refractivity contribution is -0.178. The summed E-state index contributed by atoms with van der Waals surface area (Å²) in [7, 11) is 0. The average Bonchev–Trinajstić information content (AvgIpc) is 2.74. The maximum absolute atomic E-state index is 11.9. The van der Waals surface area contributed by atoms with Crippen molar-refractivity contribution in [1.82, 2.24) is 0 Å². The van der Waals surface area contributed by atoms with Crippen LogP contribution in [0.2, 0.25) is 0 Å². The fourth-order valence-corrected chi connectivity index (χ4v) is 2.94. The second-order valence-corrected chi connectivity index (χ2v) is 6.66. The molecule has 1 heterocycles. The SMILES string of the molecule is CC(=O)OC[C@@H](OCc1ccccc1)[C@H]1OC(=O)C=C[C@H]1OCc1ccccc1. The first kappa shape index (κ1) is 20.8. The molecule has 3 atom stereocenters. The molecule has 0 amide bonds. The van der Waals surface area contributed by atoms with Gasteiger partial charge in [-0.25, -0.2) is 4.79 Å². The van der Waals surface area contributed by atoms with Crippen LogP contribution in [0.25, 0.3) is 0 Å². The van der Waals surface area contributed by atoms with Gasteiger partial charge in [-0.1, -0.05) is 60.7 Å². The highest BCUT2D eigenvalue weighted by molar-refractivity contribution is 5.83. The number of hydrogen-bond donors (Lipinski definition) is 0. The lowest BCUT2D eigenvalue weighted by atomic mass is 10.0. The van der Waals surface area contributed by atoms with E-state index in [4.69, 9.17) is 18.9 Å². The molecule has 1 aliphatic rings. The van der Waals surface area contributed by atoms with Crippen molar-refractivity contribution in [1.29, 1.82) is 0 Å². The van der Waals surface area contributed by atoms with Gasteiger partial charge in [-0.05, 0) is 17.2 Å². The Hall–Kier alpha value is -2.96. The molecule has 6 heteroatoms. The first-order valence-electron chi connectivity index (χ1n) is 9.45. The minimum atomic E-state index is -0.737. The summed E-state index contributed by atoms with van der Waals surface area (Å²) in [6.07, 6.45) is 1.07. The van der Waals surface area contributed by atoms with Crippen LogP contribution in [-0.4, -0.2) is 36.9 Å². The molecule has 0 N–H and O–H groups in total. The van der Waals surface area contributed by atoms with Gasteiger partial charge in [0.25, 0.3) is 0 Å². The Morgan fingerprint density at radius 2 is 1.62 bits per heavy atom. The van der Waals surface area contributed by atoms with Gasteiger partial charge in [0.05, 0.1) is 13.2 Å². The summed E-state index contributed by atoms with van der Waals surface area (Å²) in [6, 6.07) is 19.3. The Morgan fingerprint density at radius 3 is 2.24 bits per heavy atom. The molecule has 0 radical (unpaired) electrons. The van der Waals surface area contributed by atoms with Crippen molar-refractivity contribution in [3.8, 4) is 0 Å². The van der Waals surface area contributed by atoms with E-state index in [1.54, 1.807) is 6.08 Å². The molecule has 2 aromatic rings. The summed E-state index contributed by atoms with van der Waals surface area (Å²) in [5, 5.41) is 0. The molecule has 0 aromatic heterocycles. The van der Waals surface area contributed by atoms with Crippen LogP contribution in [0.15, 0.2) is 72.8 Å². The van der Waals surface area contributed by atoms with Crippen molar-refractivity contribution in [2.75, 3.05) is 6.61 Å². The van der Waals surface area contributed by atoms with E-state index in [0.717, 1.165) is 11.1 Å². The molecule has 0 saturated heterocycles. The zero-order valence-corrected chi connectivity index (χ0v) is 16.2. The predicted octanol–water partition coefficient (Wildman–Crippen LogP) is 3.20. The van der Waals surface area contributed by atoms with Crippen LogP contribution in [-0.2, 0) is 41.8 Å². The molecule has 152 valence electrons. The van der Waals surface area contributed by atoms with Crippen molar-refractivity contribution in [3.63, 3.8) is 0 Å². The molecule has 0 bridgehead atoms. The number of esters is 2. The van der Waals surface area contributed by atoms with Crippen LogP contribution in [0.4, 0.5) is 0 Å². The Balaban J connectivity index is 1.71. The third-order valence-corrected chi connectivity index (χ3v) is 4.41. The van der Waals surface area contributed by atoms with Gasteiger partial charge in [-0.2, -0.15) is 0 Å². The molecular weight excluding hydrogens is 372 g/mol. The standard InChI is InChI=1S/C23H24O6/c1-17(24)26-16-21(28-15-19-10-6-3-7-11-19)23-20(12-13-22(25)29-23)27-14-18-8-4-2-5-9-18/h2-13,20-21,23H,14-16H2,1H3/t20-,21-,23+/m1/s1. The highest BCUT2D eigenvalue weighted by Gasteiger charge is 2.36. The Kier molecular flexibility index (Phi) is 7.55. The van der Waals surface area contributed by atoms with Gasteiger partial charge in [0.2, 0.25) is 0 Å². The third-order valence-electron chi connectivity index (χ3n) is 4.41. The highest BCUT2D eigenvalue weighted by atomic mass is 16.6. The number of carbonyl (C=O) groups excluding carboxylic acids is 2. The van der Waals surface area contributed by atoms with Crippen molar-refractivity contribution in [3.05, 3.63) is 83.9 Å². The normalized spacial score (nSPS) is 19.4. The van der Waals surface area contributed by atoms with Crippen LogP contribution in [0, 0.1) is 0 Å². The topological polar surface area (TPSA) is 71.1 Å². The molecule has 0 unspecified atom stereocenters. The highest BCUT2D eigenvalue weighted by Crippen LogP contribution is 2.21. The van der Waals surface area contributed by atoms with Gasteiger partial charge in [-0.15, -0.1) is 0 Å². The maximum atomic E-state index is 11.9. The monoisotopic (exact) mass is 396 g/mol. The molecule has 0 spiro atoms. The predicted molar refractivity (Wildman–Crippen MR) is 106 cm³/mol. The van der Waals surface area contributed by atoms with Gasteiger partial charge >= 0.3 is 11.9 Å². The summed E-state index contributed by atoms with van der Waals surface area (Å²) >= 11 is 0. The van der Waals surface area contributed by atoms with Crippen LogP contribution in [0.1, 0.15) is 18.1 Å². The molecule has 2 aromatic carbocycles. The zero-order chi connectivity index (χ0) is 20.5. The lowest BCUT2D eigenvalue weighted by Crippen LogP contribution is -2.47. The van der Waals surface area contributed by atoms with Gasteiger partial charge in [0.15, 0.2) is 6.10 Å². The summed E-state index contributed by atoms with van der Waals surface area (Å²) < 4.78 is 22.6. The number of rotatable bonds is 9. The fourth-order valence-electron chi connectivity index (χ4n) is 2.94. The van der Waals surface area contributed by atoms with Crippen molar-refractivity contribution >= 4 is 11.9 Å². The van der Waals surface area contributed by atoms with Crippen LogP contribution in [0.5, 0.6) is 0 Å². The van der Waals surface area contributed by atoms with Gasteiger partial charge < -0.3 is 18.9 Å². The lowest BCUT2D eigenvalue weighted by Gasteiger charge is -2.33. The fraction of sp³-hybridized carbons (Fsp3) is 0.304. The van der Waals surface area contributed by atoms with Crippen LogP contribution in [0.3, 0.4) is 0 Å². The largest absolute Gasteiger partial charge is 0.463 e. The number of cyclic esters (lactones) is 1. The molecule has 1 aliphatic heterocycles. The van der Waals surface area contributed by atoms with E-state index >= 15 is 0 Å². The molecule has 0 saturated carbocycles. The summed E-state index contributed by atoms with van der Waals surface area (Å²) in [6.45, 7) is 1.92. The van der Waals surface area contributed by atoms with E-state index in [1.807, 2.05) is 60.7 Å². The van der Waals surface area contributed by atoms with Crippen LogP contribution >= 0.6 is 0 Å². The van der Waals surface area contributed by atoms with E-state index in [0.29, 0.717) is 6.61 Å². The first-order valence-corrected chi connectivity index (χ1v) is 9.45. The zero-order valence-electron chi connectivity index (χ0n) is 16.2. The second kappa shape index (κ2) is 10.5. The summed E-state index contributed by atoms with van der Waals surface area (Å²) in [4.78, 5) is 23.2. The molecule has 0 fully saturated rings. The average molecular weight is 396 g/mol. The van der Waals surface area contributed by atoms with E-state index in [9.17, 15) is 9.59 Å². The van der Waals surface area contributed by atoms with Crippen molar-refractivity contribution in [2.24, 2.45) is 0 Å². The third kappa shape index (κ3) is 6.55. The van der Waals surface area contributed by atoms with E-state index in [-0.39, 0.29) is 13.2 Å². The molecular formula is C23H24O6. The van der Waals surface area contributed by atoms with Crippen LogP contribution < -0.4 is 0 Å². The Morgan fingerprint density at radius 1 is 1.00 bits per heavy atom. The van der Waals surface area contributed by atoms with Gasteiger partial charge in [-0.3, -0.25) is 4.79 Å². The molecule has 29 heavy (non-hydrogen) atoms. The number of benzene rings is 2. The summed E-state index contributed by atoms with van der Waals surface area (Å²) in [5.41, 5.74) is 1.96. The Bertz CT molecular complexity index is 818. The minimum absolute atomic E-state index is 0.0425. The van der Waals surface area contributed by atoms with Crippen molar-refractivity contribution in [2.45, 2.75) is 38.4 Å². The quantitative estimate of drug-likeness (QED) is 0.606.